The summed E-state index contributed by atoms with van der Waals surface area (Å²) < 4.78 is 0. The minimum absolute atomic E-state index is 0.342. The summed E-state index contributed by atoms with van der Waals surface area (Å²) in [7, 11) is 0. The minimum Gasteiger partial charge on any atom is -0.357 e. The summed E-state index contributed by atoms with van der Waals surface area (Å²) in [5.74, 6) is 0.941. The van der Waals surface area contributed by atoms with Crippen molar-refractivity contribution in [2.45, 2.75) is 18.9 Å². The van der Waals surface area contributed by atoms with Crippen LogP contribution in [0.5, 0.6) is 0 Å². The van der Waals surface area contributed by atoms with Gasteiger partial charge in [-0.2, -0.15) is 0 Å². The molecular formula is C12H19N3. The first-order chi connectivity index (χ1) is 7.27. The van der Waals surface area contributed by atoms with Crippen molar-refractivity contribution in [2.75, 3.05) is 13.1 Å². The zero-order chi connectivity index (χ0) is 11.1. The summed E-state index contributed by atoms with van der Waals surface area (Å²) in [5.41, 5.74) is 5.85. The third kappa shape index (κ3) is 3.72. The zero-order valence-electron chi connectivity index (χ0n) is 9.10. The monoisotopic (exact) mass is 205 g/mol. The fraction of sp³-hybridized carbons (Fsp3) is 0.417. The molecular weight excluding hydrogens is 186 g/mol. The van der Waals surface area contributed by atoms with E-state index in [2.05, 4.69) is 23.1 Å². The molecule has 0 bridgehead atoms. The maximum atomic E-state index is 5.85. The lowest BCUT2D eigenvalue weighted by Crippen LogP contribution is -2.42. The molecule has 0 saturated carbocycles. The molecule has 0 aromatic rings. The Kier molecular flexibility index (Phi) is 4.84. The molecule has 2 N–H and O–H groups in total. The SMILES string of the molecule is C=C/C=C\C(=NC=C)N1CCC(N)CC1. The molecule has 3 heteroatoms. The first-order valence-corrected chi connectivity index (χ1v) is 5.26. The first kappa shape index (κ1) is 11.7. The number of allylic oxidation sites excluding steroid dienone is 2. The molecule has 82 valence electrons. The predicted molar refractivity (Wildman–Crippen MR) is 65.8 cm³/mol. The molecule has 1 fully saturated rings. The van der Waals surface area contributed by atoms with Crippen LogP contribution >= 0.6 is 0 Å². The summed E-state index contributed by atoms with van der Waals surface area (Å²) >= 11 is 0. The molecule has 1 saturated heterocycles. The van der Waals surface area contributed by atoms with Gasteiger partial charge in [0.05, 0.1) is 0 Å². The summed E-state index contributed by atoms with van der Waals surface area (Å²) in [6.45, 7) is 9.20. The molecule has 1 aliphatic heterocycles. The Morgan fingerprint density at radius 1 is 1.33 bits per heavy atom. The average molecular weight is 205 g/mol. The summed E-state index contributed by atoms with van der Waals surface area (Å²) in [4.78, 5) is 6.47. The van der Waals surface area contributed by atoms with Crippen molar-refractivity contribution in [1.82, 2.24) is 4.90 Å². The van der Waals surface area contributed by atoms with Crippen molar-refractivity contribution in [3.63, 3.8) is 0 Å². The summed E-state index contributed by atoms with van der Waals surface area (Å²) in [6, 6.07) is 0.342. The maximum absolute atomic E-state index is 5.85. The van der Waals surface area contributed by atoms with Crippen LogP contribution in [0.2, 0.25) is 0 Å². The van der Waals surface area contributed by atoms with Crippen molar-refractivity contribution < 1.29 is 0 Å². The van der Waals surface area contributed by atoms with Gasteiger partial charge in [0.15, 0.2) is 0 Å². The lowest BCUT2D eigenvalue weighted by atomic mass is 10.1. The van der Waals surface area contributed by atoms with Crippen LogP contribution in [0.4, 0.5) is 0 Å². The van der Waals surface area contributed by atoms with Crippen LogP contribution in [-0.4, -0.2) is 29.9 Å². The van der Waals surface area contributed by atoms with Crippen LogP contribution in [0.3, 0.4) is 0 Å². The minimum atomic E-state index is 0.342. The van der Waals surface area contributed by atoms with Gasteiger partial charge in [0.1, 0.15) is 5.84 Å². The Bertz CT molecular complexity index is 271. The molecule has 0 aromatic heterocycles. The van der Waals surface area contributed by atoms with Gasteiger partial charge < -0.3 is 10.6 Å². The molecule has 3 nitrogen and oxygen atoms in total. The molecule has 1 rings (SSSR count). The number of piperidine rings is 1. The number of nitrogens with two attached hydrogens (primary N) is 1. The van der Waals surface area contributed by atoms with E-state index in [1.165, 1.54) is 0 Å². The Hall–Kier alpha value is -1.35. The highest BCUT2D eigenvalue weighted by Gasteiger charge is 2.17. The molecule has 15 heavy (non-hydrogen) atoms. The quantitative estimate of drug-likeness (QED) is 0.433. The maximum Gasteiger partial charge on any atom is 0.128 e. The van der Waals surface area contributed by atoms with Gasteiger partial charge in [-0.25, -0.2) is 4.99 Å². The van der Waals surface area contributed by atoms with Gasteiger partial charge >= 0.3 is 0 Å². The van der Waals surface area contributed by atoms with Gasteiger partial charge in [-0.1, -0.05) is 25.3 Å². The molecule has 0 radical (unpaired) electrons. The topological polar surface area (TPSA) is 41.6 Å². The predicted octanol–water partition coefficient (Wildman–Crippen LogP) is 1.69. The van der Waals surface area contributed by atoms with Crippen molar-refractivity contribution >= 4 is 5.84 Å². The smallest absolute Gasteiger partial charge is 0.128 e. The van der Waals surface area contributed by atoms with Crippen LogP contribution in [0.15, 0.2) is 42.6 Å². The van der Waals surface area contributed by atoms with Crippen molar-refractivity contribution in [3.05, 3.63) is 37.6 Å². The van der Waals surface area contributed by atoms with Crippen molar-refractivity contribution in [2.24, 2.45) is 10.7 Å². The van der Waals surface area contributed by atoms with Crippen molar-refractivity contribution in [3.8, 4) is 0 Å². The number of aliphatic imine (C=N–C) groups is 1. The number of hydrogen-bond donors (Lipinski definition) is 1. The molecule has 1 heterocycles. The Labute approximate surface area is 91.7 Å². The molecule has 1 aliphatic rings. The fourth-order valence-electron chi connectivity index (χ4n) is 1.61. The number of nitrogens with zero attached hydrogens (tertiary/aromatic N) is 2. The number of amidine groups is 1. The van der Waals surface area contributed by atoms with Gasteiger partial charge in [-0.3, -0.25) is 0 Å². The molecule has 0 unspecified atom stereocenters. The largest absolute Gasteiger partial charge is 0.357 e. The zero-order valence-corrected chi connectivity index (χ0v) is 9.10. The first-order valence-electron chi connectivity index (χ1n) is 5.26. The van der Waals surface area contributed by atoms with Gasteiger partial charge in [-0.15, -0.1) is 0 Å². The van der Waals surface area contributed by atoms with E-state index in [1.807, 2.05) is 12.2 Å². The van der Waals surface area contributed by atoms with E-state index >= 15 is 0 Å². The third-order valence-corrected chi connectivity index (χ3v) is 2.47. The molecule has 0 amide bonds. The highest BCUT2D eigenvalue weighted by Crippen LogP contribution is 2.09. The lowest BCUT2D eigenvalue weighted by molar-refractivity contribution is 0.315. The second kappa shape index (κ2) is 6.19. The van der Waals surface area contributed by atoms with E-state index in [-0.39, 0.29) is 0 Å². The highest BCUT2D eigenvalue weighted by atomic mass is 15.2. The van der Waals surface area contributed by atoms with Gasteiger partial charge in [0, 0.05) is 25.3 Å². The van der Waals surface area contributed by atoms with E-state index in [1.54, 1.807) is 12.3 Å². The number of hydrogen-bond acceptors (Lipinski definition) is 2. The van der Waals surface area contributed by atoms with E-state index in [0.717, 1.165) is 31.8 Å². The Morgan fingerprint density at radius 3 is 2.53 bits per heavy atom. The van der Waals surface area contributed by atoms with Crippen LogP contribution in [0, 0.1) is 0 Å². The van der Waals surface area contributed by atoms with E-state index < -0.39 is 0 Å². The summed E-state index contributed by atoms with van der Waals surface area (Å²) in [6.07, 6.45) is 9.20. The number of rotatable bonds is 3. The van der Waals surface area contributed by atoms with Crippen molar-refractivity contribution in [1.29, 1.82) is 0 Å². The average Bonchev–Trinajstić information content (AvgIpc) is 2.25. The third-order valence-electron chi connectivity index (χ3n) is 2.47. The van der Waals surface area contributed by atoms with Crippen LogP contribution < -0.4 is 5.73 Å². The molecule has 0 spiro atoms. The second-order valence-electron chi connectivity index (χ2n) is 3.59. The molecule has 0 aliphatic carbocycles. The Morgan fingerprint density at radius 2 is 2.00 bits per heavy atom. The van der Waals surface area contributed by atoms with E-state index in [0.29, 0.717) is 6.04 Å². The van der Waals surface area contributed by atoms with Gasteiger partial charge in [0.2, 0.25) is 0 Å². The van der Waals surface area contributed by atoms with E-state index in [4.69, 9.17) is 5.73 Å². The van der Waals surface area contributed by atoms with Crippen LogP contribution in [0.25, 0.3) is 0 Å². The lowest BCUT2D eigenvalue weighted by Gasteiger charge is -2.31. The van der Waals surface area contributed by atoms with Gasteiger partial charge in [-0.05, 0) is 18.9 Å². The Balaban J connectivity index is 2.64. The van der Waals surface area contributed by atoms with Crippen LogP contribution in [0.1, 0.15) is 12.8 Å². The summed E-state index contributed by atoms with van der Waals surface area (Å²) in [5, 5.41) is 0. The normalized spacial score (nSPS) is 19.5. The molecule has 0 aromatic carbocycles. The highest BCUT2D eigenvalue weighted by molar-refractivity contribution is 5.93. The fourth-order valence-corrected chi connectivity index (χ4v) is 1.61. The van der Waals surface area contributed by atoms with Crippen LogP contribution in [-0.2, 0) is 0 Å². The van der Waals surface area contributed by atoms with Gasteiger partial charge in [0.25, 0.3) is 0 Å². The number of likely N-dealkylation sites (tertiary alicyclic amines) is 1. The van der Waals surface area contributed by atoms with E-state index in [9.17, 15) is 0 Å². The molecule has 0 atom stereocenters. The second-order valence-corrected chi connectivity index (χ2v) is 3.59. The standard InChI is InChI=1S/C12H19N3/c1-3-5-6-12(14-4-2)15-9-7-11(13)8-10-15/h3-6,11H,1-2,7-10,13H2/b6-5-,14-12?.